The summed E-state index contributed by atoms with van der Waals surface area (Å²) in [5.74, 6) is -0.252. The van der Waals surface area contributed by atoms with Crippen LogP contribution in [-0.4, -0.2) is 10.8 Å². The van der Waals surface area contributed by atoms with E-state index >= 15 is 0 Å². The van der Waals surface area contributed by atoms with Crippen molar-refractivity contribution < 1.29 is 9.72 Å². The number of anilines is 1. The number of non-ortho nitro benzene ring substituents is 1. The zero-order valence-corrected chi connectivity index (χ0v) is 13.9. The molecule has 0 atom stereocenters. The lowest BCUT2D eigenvalue weighted by Crippen LogP contribution is -2.07. The van der Waals surface area contributed by atoms with Crippen molar-refractivity contribution in [3.05, 3.63) is 73.4 Å². The Morgan fingerprint density at radius 2 is 1.91 bits per heavy atom. The lowest BCUT2D eigenvalue weighted by atomic mass is 10.2. The van der Waals surface area contributed by atoms with Gasteiger partial charge in [0.1, 0.15) is 0 Å². The third-order valence-electron chi connectivity index (χ3n) is 2.97. The molecule has 2 aromatic rings. The first-order valence-corrected chi connectivity index (χ1v) is 7.53. The summed E-state index contributed by atoms with van der Waals surface area (Å²) in [5.41, 5.74) is 2.63. The van der Waals surface area contributed by atoms with E-state index in [1.54, 1.807) is 18.2 Å². The monoisotopic (exact) mass is 408 g/mol. The number of hydrogen-bond acceptors (Lipinski definition) is 3. The standard InChI is InChI=1S/C16H13IN2O3/c1-11-2-6-13(10-15(11)17)18-16(20)9-5-12-3-7-14(8-4-12)19(21)22/h2-10H,1H3,(H,18,20). The molecule has 0 fully saturated rings. The molecule has 0 aliphatic carbocycles. The molecule has 2 rings (SSSR count). The molecule has 0 spiro atoms. The Labute approximate surface area is 141 Å². The number of halogens is 1. The van der Waals surface area contributed by atoms with Gasteiger partial charge in [-0.2, -0.15) is 0 Å². The van der Waals surface area contributed by atoms with Gasteiger partial charge in [-0.25, -0.2) is 0 Å². The Morgan fingerprint density at radius 1 is 1.23 bits per heavy atom. The Hall–Kier alpha value is -2.22. The largest absolute Gasteiger partial charge is 0.322 e. The van der Waals surface area contributed by atoms with E-state index in [-0.39, 0.29) is 11.6 Å². The molecule has 0 aliphatic heterocycles. The Kier molecular flexibility index (Phi) is 5.26. The predicted molar refractivity (Wildman–Crippen MR) is 94.7 cm³/mol. The summed E-state index contributed by atoms with van der Waals surface area (Å²) in [6, 6.07) is 11.7. The normalized spacial score (nSPS) is 10.6. The molecule has 0 saturated heterocycles. The third-order valence-corrected chi connectivity index (χ3v) is 4.13. The summed E-state index contributed by atoms with van der Waals surface area (Å²) in [5, 5.41) is 13.3. The molecule has 0 radical (unpaired) electrons. The van der Waals surface area contributed by atoms with Crippen LogP contribution in [0.25, 0.3) is 6.08 Å². The van der Waals surface area contributed by atoms with Gasteiger partial charge >= 0.3 is 0 Å². The predicted octanol–water partition coefficient (Wildman–Crippen LogP) is 4.16. The van der Waals surface area contributed by atoms with Crippen molar-refractivity contribution >= 4 is 45.9 Å². The summed E-state index contributed by atoms with van der Waals surface area (Å²) in [4.78, 5) is 21.9. The number of nitrogens with zero attached hydrogens (tertiary/aromatic N) is 1. The second kappa shape index (κ2) is 7.17. The molecule has 1 N–H and O–H groups in total. The van der Waals surface area contributed by atoms with Crippen LogP contribution < -0.4 is 5.32 Å². The van der Waals surface area contributed by atoms with Gasteiger partial charge in [-0.05, 0) is 71.0 Å². The van der Waals surface area contributed by atoms with Crippen LogP contribution in [0.2, 0.25) is 0 Å². The van der Waals surface area contributed by atoms with Crippen molar-refractivity contribution in [2.24, 2.45) is 0 Å². The first kappa shape index (κ1) is 16.2. The second-order valence-electron chi connectivity index (χ2n) is 4.64. The van der Waals surface area contributed by atoms with Crippen molar-refractivity contribution in [3.8, 4) is 0 Å². The van der Waals surface area contributed by atoms with Gasteiger partial charge in [0.15, 0.2) is 0 Å². The molecule has 5 nitrogen and oxygen atoms in total. The van der Waals surface area contributed by atoms with Crippen LogP contribution in [0.5, 0.6) is 0 Å². The van der Waals surface area contributed by atoms with E-state index in [9.17, 15) is 14.9 Å². The molecule has 2 aromatic carbocycles. The minimum atomic E-state index is -0.459. The van der Waals surface area contributed by atoms with E-state index in [1.807, 2.05) is 25.1 Å². The molecule has 0 bridgehead atoms. The van der Waals surface area contributed by atoms with Crippen LogP contribution >= 0.6 is 22.6 Å². The number of nitro groups is 1. The number of aryl methyl sites for hydroxylation is 1. The van der Waals surface area contributed by atoms with Gasteiger partial charge in [0.05, 0.1) is 4.92 Å². The number of nitrogens with one attached hydrogen (secondary N) is 1. The second-order valence-corrected chi connectivity index (χ2v) is 5.80. The third kappa shape index (κ3) is 4.39. The van der Waals surface area contributed by atoms with Gasteiger partial charge in [0.25, 0.3) is 5.69 Å². The summed E-state index contributed by atoms with van der Waals surface area (Å²) < 4.78 is 1.08. The Bertz CT molecular complexity index is 740. The van der Waals surface area contributed by atoms with Crippen LogP contribution in [-0.2, 0) is 4.79 Å². The van der Waals surface area contributed by atoms with Crippen LogP contribution in [0.3, 0.4) is 0 Å². The van der Waals surface area contributed by atoms with E-state index in [4.69, 9.17) is 0 Å². The fraction of sp³-hybridized carbons (Fsp3) is 0.0625. The number of amides is 1. The van der Waals surface area contributed by atoms with Gasteiger partial charge in [0, 0.05) is 27.5 Å². The van der Waals surface area contributed by atoms with E-state index < -0.39 is 4.92 Å². The highest BCUT2D eigenvalue weighted by Gasteiger charge is 2.03. The van der Waals surface area contributed by atoms with E-state index in [1.165, 1.54) is 18.2 Å². The summed E-state index contributed by atoms with van der Waals surface area (Å²) in [6.45, 7) is 2.00. The fourth-order valence-electron chi connectivity index (χ4n) is 1.73. The van der Waals surface area contributed by atoms with Crippen LogP contribution in [0.4, 0.5) is 11.4 Å². The van der Waals surface area contributed by atoms with Crippen molar-refractivity contribution in [2.75, 3.05) is 5.32 Å². The van der Waals surface area contributed by atoms with Crippen LogP contribution in [0.1, 0.15) is 11.1 Å². The van der Waals surface area contributed by atoms with Gasteiger partial charge < -0.3 is 5.32 Å². The van der Waals surface area contributed by atoms with Crippen molar-refractivity contribution in [3.63, 3.8) is 0 Å². The average Bonchev–Trinajstić information content (AvgIpc) is 2.49. The molecule has 1 amide bonds. The first-order valence-electron chi connectivity index (χ1n) is 6.45. The van der Waals surface area contributed by atoms with Crippen LogP contribution in [0, 0.1) is 20.6 Å². The topological polar surface area (TPSA) is 72.2 Å². The minimum absolute atomic E-state index is 0.0239. The number of nitro benzene ring substituents is 1. The maximum absolute atomic E-state index is 11.8. The highest BCUT2D eigenvalue weighted by Crippen LogP contribution is 2.17. The average molecular weight is 408 g/mol. The summed E-state index contributed by atoms with van der Waals surface area (Å²) in [7, 11) is 0. The molecule has 6 heteroatoms. The minimum Gasteiger partial charge on any atom is -0.322 e. The van der Waals surface area contributed by atoms with Gasteiger partial charge in [0.2, 0.25) is 5.91 Å². The highest BCUT2D eigenvalue weighted by atomic mass is 127. The Morgan fingerprint density at radius 3 is 2.50 bits per heavy atom. The van der Waals surface area contributed by atoms with Crippen LogP contribution in [0.15, 0.2) is 48.5 Å². The molecule has 0 unspecified atom stereocenters. The van der Waals surface area contributed by atoms with Gasteiger partial charge in [-0.3, -0.25) is 14.9 Å². The van der Waals surface area contributed by atoms with E-state index in [2.05, 4.69) is 27.9 Å². The molecule has 0 aromatic heterocycles. The van der Waals surface area contributed by atoms with Gasteiger partial charge in [-0.15, -0.1) is 0 Å². The lowest BCUT2D eigenvalue weighted by Gasteiger charge is -2.04. The maximum atomic E-state index is 11.8. The number of carbonyl (C=O) groups excluding carboxylic acids is 1. The number of rotatable bonds is 4. The molecule has 0 heterocycles. The van der Waals surface area contributed by atoms with Gasteiger partial charge in [-0.1, -0.05) is 6.07 Å². The van der Waals surface area contributed by atoms with Crippen molar-refractivity contribution in [1.82, 2.24) is 0 Å². The van der Waals surface area contributed by atoms with E-state index in [0.717, 1.165) is 20.4 Å². The Balaban J connectivity index is 2.01. The number of benzene rings is 2. The SMILES string of the molecule is Cc1ccc(NC(=O)C=Cc2ccc([N+](=O)[O-])cc2)cc1I. The summed E-state index contributed by atoms with van der Waals surface area (Å²) >= 11 is 2.21. The zero-order chi connectivity index (χ0) is 16.1. The molecule has 0 saturated carbocycles. The lowest BCUT2D eigenvalue weighted by molar-refractivity contribution is -0.384. The van der Waals surface area contributed by atoms with Crippen molar-refractivity contribution in [2.45, 2.75) is 6.92 Å². The highest BCUT2D eigenvalue weighted by molar-refractivity contribution is 14.1. The molecular weight excluding hydrogens is 395 g/mol. The molecule has 112 valence electrons. The van der Waals surface area contributed by atoms with E-state index in [0.29, 0.717) is 0 Å². The molecular formula is C16H13IN2O3. The smallest absolute Gasteiger partial charge is 0.269 e. The van der Waals surface area contributed by atoms with Crippen molar-refractivity contribution in [1.29, 1.82) is 0 Å². The zero-order valence-electron chi connectivity index (χ0n) is 11.7. The first-order chi connectivity index (χ1) is 10.5. The quantitative estimate of drug-likeness (QED) is 0.358. The molecule has 22 heavy (non-hydrogen) atoms. The maximum Gasteiger partial charge on any atom is 0.269 e. The number of carbonyl (C=O) groups is 1. The summed E-state index contributed by atoms with van der Waals surface area (Å²) in [6.07, 6.45) is 3.01. The fourth-order valence-corrected chi connectivity index (χ4v) is 2.25. The number of hydrogen-bond donors (Lipinski definition) is 1. The molecule has 0 aliphatic rings.